The normalized spacial score (nSPS) is 26.9. The van der Waals surface area contributed by atoms with E-state index in [-0.39, 0.29) is 35.8 Å². The Hall–Kier alpha value is -1.70. The second-order valence-electron chi connectivity index (χ2n) is 7.33. The summed E-state index contributed by atoms with van der Waals surface area (Å²) in [5.74, 6) is -3.07. The van der Waals surface area contributed by atoms with Crippen LogP contribution in [0, 0.1) is 23.5 Å². The maximum atomic E-state index is 15.0. The first-order valence-electron chi connectivity index (χ1n) is 9.05. The molecule has 0 spiro atoms. The molecule has 1 heterocycles. The lowest BCUT2D eigenvalue weighted by molar-refractivity contribution is 0.0430. The summed E-state index contributed by atoms with van der Waals surface area (Å²) < 4.78 is 61.0. The van der Waals surface area contributed by atoms with Crippen LogP contribution in [0.2, 0.25) is 5.02 Å². The van der Waals surface area contributed by atoms with Crippen LogP contribution in [-0.2, 0) is 14.6 Å². The van der Waals surface area contributed by atoms with Crippen LogP contribution < -0.4 is 4.74 Å². The van der Waals surface area contributed by atoms with Gasteiger partial charge in [-0.3, -0.25) is 0 Å². The number of sulfone groups is 1. The van der Waals surface area contributed by atoms with Crippen LogP contribution in [0.5, 0.6) is 5.75 Å². The predicted octanol–water partition coefficient (Wildman–Crippen LogP) is 4.09. The number of rotatable bonds is 3. The molecule has 0 unspecified atom stereocenters. The summed E-state index contributed by atoms with van der Waals surface area (Å²) in [6.07, 6.45) is 1.18. The number of hydrogen-bond acceptors (Lipinski definition) is 4. The molecule has 0 bridgehead atoms. The number of aliphatic hydroxyl groups excluding tert-OH is 1. The highest BCUT2D eigenvalue weighted by atomic mass is 35.5. The second kappa shape index (κ2) is 6.97. The minimum atomic E-state index is -4.15. The van der Waals surface area contributed by atoms with E-state index in [1.807, 2.05) is 0 Å². The Morgan fingerprint density at radius 1 is 1.14 bits per heavy atom. The van der Waals surface area contributed by atoms with Crippen molar-refractivity contribution < 1.29 is 27.0 Å². The monoisotopic (exact) mass is 428 g/mol. The maximum absolute atomic E-state index is 15.0. The zero-order valence-corrected chi connectivity index (χ0v) is 16.4. The van der Waals surface area contributed by atoms with Gasteiger partial charge in [-0.2, -0.15) is 0 Å². The zero-order valence-electron chi connectivity index (χ0n) is 14.9. The van der Waals surface area contributed by atoms with Crippen LogP contribution in [-0.4, -0.2) is 26.7 Å². The van der Waals surface area contributed by atoms with Crippen LogP contribution in [0.3, 0.4) is 0 Å². The van der Waals surface area contributed by atoms with E-state index in [1.54, 1.807) is 0 Å². The molecule has 0 radical (unpaired) electrons. The quantitative estimate of drug-likeness (QED) is 0.799. The summed E-state index contributed by atoms with van der Waals surface area (Å²) >= 11 is 5.90. The molecule has 0 saturated heterocycles. The van der Waals surface area contributed by atoms with Crippen LogP contribution in [0.1, 0.15) is 24.8 Å². The number of ether oxygens (including phenoxy) is 1. The molecule has 2 aromatic rings. The van der Waals surface area contributed by atoms with E-state index in [4.69, 9.17) is 16.3 Å². The smallest absolute Gasteiger partial charge is 0.188 e. The first kappa shape index (κ1) is 19.6. The van der Waals surface area contributed by atoms with Gasteiger partial charge in [0.1, 0.15) is 10.6 Å². The highest BCUT2D eigenvalue weighted by Crippen LogP contribution is 2.57. The van der Waals surface area contributed by atoms with E-state index in [0.717, 1.165) is 12.1 Å². The van der Waals surface area contributed by atoms with Gasteiger partial charge in [-0.25, -0.2) is 17.2 Å². The average Bonchev–Trinajstić information content (AvgIpc) is 2.69. The van der Waals surface area contributed by atoms with E-state index < -0.39 is 38.1 Å². The van der Waals surface area contributed by atoms with Crippen molar-refractivity contribution in [2.45, 2.75) is 28.9 Å². The molecule has 0 amide bonds. The van der Waals surface area contributed by atoms with Gasteiger partial charge in [-0.15, -0.1) is 0 Å². The van der Waals surface area contributed by atoms with Crippen LogP contribution in [0.25, 0.3) is 0 Å². The second-order valence-corrected chi connectivity index (χ2v) is 9.98. The summed E-state index contributed by atoms with van der Waals surface area (Å²) in [7, 11) is -4.15. The molecule has 150 valence electrons. The molecule has 28 heavy (non-hydrogen) atoms. The van der Waals surface area contributed by atoms with E-state index in [9.17, 15) is 17.9 Å². The van der Waals surface area contributed by atoms with Crippen molar-refractivity contribution in [2.75, 3.05) is 13.2 Å². The van der Waals surface area contributed by atoms with Gasteiger partial charge in [0, 0.05) is 17.5 Å². The standard InChI is InChI=1S/C20H19ClF2O4S/c21-13-3-5-14(6-4-13)28(25,26)20-9-1-2-12(10-24)15(20)11-27-19-17(23)8-7-16(22)18(19)20/h3-8,12,15,24H,1-2,9-11H2/t12-,15-,20-/m0/s1. The van der Waals surface area contributed by atoms with Crippen molar-refractivity contribution in [3.8, 4) is 5.75 Å². The third kappa shape index (κ3) is 2.67. The number of aliphatic hydroxyl groups is 1. The molecule has 1 aliphatic heterocycles. The van der Waals surface area contributed by atoms with E-state index in [2.05, 4.69) is 0 Å². The van der Waals surface area contributed by atoms with Crippen molar-refractivity contribution >= 4 is 21.4 Å². The van der Waals surface area contributed by atoms with Gasteiger partial charge < -0.3 is 9.84 Å². The molecule has 2 aliphatic rings. The van der Waals surface area contributed by atoms with Crippen molar-refractivity contribution in [3.05, 3.63) is 58.6 Å². The molecule has 1 N–H and O–H groups in total. The molecular weight excluding hydrogens is 410 g/mol. The number of hydrogen-bond donors (Lipinski definition) is 1. The van der Waals surface area contributed by atoms with Crippen LogP contribution in [0.15, 0.2) is 41.3 Å². The highest BCUT2D eigenvalue weighted by Gasteiger charge is 2.60. The zero-order chi connectivity index (χ0) is 20.1. The Labute approximate surface area is 167 Å². The molecule has 1 saturated carbocycles. The van der Waals surface area contributed by atoms with Gasteiger partial charge in [-0.05, 0) is 55.2 Å². The lowest BCUT2D eigenvalue weighted by Crippen LogP contribution is -2.54. The number of halogens is 3. The van der Waals surface area contributed by atoms with Gasteiger partial charge in [0.05, 0.1) is 17.1 Å². The van der Waals surface area contributed by atoms with Crippen LogP contribution >= 0.6 is 11.6 Å². The van der Waals surface area contributed by atoms with Gasteiger partial charge in [-0.1, -0.05) is 18.0 Å². The number of fused-ring (bicyclic) bond motifs is 3. The summed E-state index contributed by atoms with van der Waals surface area (Å²) in [4.78, 5) is -0.0167. The van der Waals surface area contributed by atoms with Gasteiger partial charge in [0.2, 0.25) is 0 Å². The van der Waals surface area contributed by atoms with E-state index in [1.165, 1.54) is 24.3 Å². The molecule has 1 fully saturated rings. The topological polar surface area (TPSA) is 63.6 Å². The summed E-state index contributed by atoms with van der Waals surface area (Å²) in [5, 5.41) is 10.2. The predicted molar refractivity (Wildman–Crippen MR) is 100 cm³/mol. The first-order valence-corrected chi connectivity index (χ1v) is 10.9. The molecule has 0 aromatic heterocycles. The van der Waals surface area contributed by atoms with Gasteiger partial charge in [0.25, 0.3) is 0 Å². The van der Waals surface area contributed by atoms with E-state index >= 15 is 4.39 Å². The molecular formula is C20H19ClF2O4S. The maximum Gasteiger partial charge on any atom is 0.188 e. The van der Waals surface area contributed by atoms with Gasteiger partial charge >= 0.3 is 0 Å². The fourth-order valence-electron chi connectivity index (χ4n) is 4.73. The summed E-state index contributed by atoms with van der Waals surface area (Å²) in [6.45, 7) is -0.358. The highest BCUT2D eigenvalue weighted by molar-refractivity contribution is 7.92. The molecule has 4 nitrogen and oxygen atoms in total. The van der Waals surface area contributed by atoms with Crippen molar-refractivity contribution in [3.63, 3.8) is 0 Å². The Kier molecular flexibility index (Phi) is 4.88. The Morgan fingerprint density at radius 2 is 1.82 bits per heavy atom. The summed E-state index contributed by atoms with van der Waals surface area (Å²) in [6, 6.07) is 7.52. The molecule has 4 rings (SSSR count). The van der Waals surface area contributed by atoms with Crippen molar-refractivity contribution in [2.24, 2.45) is 11.8 Å². The third-order valence-electron chi connectivity index (χ3n) is 6.02. The van der Waals surface area contributed by atoms with Crippen molar-refractivity contribution in [1.82, 2.24) is 0 Å². The molecule has 3 atom stereocenters. The SMILES string of the molecule is O=S(=O)(c1ccc(Cl)cc1)[C@@]12CCC[C@@H](CO)[C@@H]1COc1c(F)ccc(F)c12. The summed E-state index contributed by atoms with van der Waals surface area (Å²) in [5.41, 5.74) is -0.267. The fraction of sp³-hybridized carbons (Fsp3) is 0.400. The molecule has 8 heteroatoms. The lowest BCUT2D eigenvalue weighted by Gasteiger charge is -2.50. The Balaban J connectivity index is 2.04. The molecule has 1 aliphatic carbocycles. The Bertz CT molecular complexity index is 1010. The Morgan fingerprint density at radius 3 is 2.50 bits per heavy atom. The molecule has 2 aromatic carbocycles. The van der Waals surface area contributed by atoms with Gasteiger partial charge in [0.15, 0.2) is 21.4 Å². The lowest BCUT2D eigenvalue weighted by atomic mass is 9.67. The average molecular weight is 429 g/mol. The minimum Gasteiger partial charge on any atom is -0.490 e. The van der Waals surface area contributed by atoms with Crippen molar-refractivity contribution in [1.29, 1.82) is 0 Å². The number of benzene rings is 2. The first-order chi connectivity index (χ1) is 13.3. The van der Waals surface area contributed by atoms with Crippen LogP contribution in [0.4, 0.5) is 8.78 Å². The minimum absolute atomic E-state index is 0.0167. The van der Waals surface area contributed by atoms with E-state index in [0.29, 0.717) is 17.9 Å². The fourth-order valence-corrected chi connectivity index (χ4v) is 7.30. The third-order valence-corrected chi connectivity index (χ3v) is 8.83. The largest absolute Gasteiger partial charge is 0.490 e.